The zero-order chi connectivity index (χ0) is 20.3. The summed E-state index contributed by atoms with van der Waals surface area (Å²) in [5, 5.41) is 22.3. The van der Waals surface area contributed by atoms with Gasteiger partial charge in [0.15, 0.2) is 4.32 Å². The number of anilines is 1. The lowest BCUT2D eigenvalue weighted by Crippen LogP contribution is -2.30. The third kappa shape index (κ3) is 4.19. The van der Waals surface area contributed by atoms with Gasteiger partial charge in [0.1, 0.15) is 0 Å². The van der Waals surface area contributed by atoms with Crippen molar-refractivity contribution in [1.82, 2.24) is 0 Å². The number of carboxylic acids is 2. The van der Waals surface area contributed by atoms with Gasteiger partial charge in [-0.2, -0.15) is 0 Å². The lowest BCUT2D eigenvalue weighted by atomic mass is 10.1. The molecule has 1 heterocycles. The van der Waals surface area contributed by atoms with E-state index in [0.29, 0.717) is 4.91 Å². The van der Waals surface area contributed by atoms with Crippen molar-refractivity contribution in [2.75, 3.05) is 4.90 Å². The summed E-state index contributed by atoms with van der Waals surface area (Å²) < 4.78 is 0.157. The molecule has 0 radical (unpaired) electrons. The minimum absolute atomic E-state index is 0.0267. The number of aromatic carboxylic acids is 2. The molecule has 0 spiro atoms. The van der Waals surface area contributed by atoms with Crippen molar-refractivity contribution in [2.24, 2.45) is 0 Å². The number of hydrogen-bond acceptors (Lipinski definition) is 7. The van der Waals surface area contributed by atoms with Gasteiger partial charge >= 0.3 is 0 Å². The fourth-order valence-electron chi connectivity index (χ4n) is 2.49. The molecule has 0 unspecified atom stereocenters. The normalized spacial score (nSPS) is 15.6. The van der Waals surface area contributed by atoms with Gasteiger partial charge in [-0.15, -0.1) is 0 Å². The van der Waals surface area contributed by atoms with Crippen molar-refractivity contribution in [1.29, 1.82) is 0 Å². The lowest BCUT2D eigenvalue weighted by Gasteiger charge is -2.18. The van der Waals surface area contributed by atoms with Crippen molar-refractivity contribution in [3.05, 3.63) is 82.3 Å². The molecular formula is C20H11NO5S2-2. The van der Waals surface area contributed by atoms with E-state index < -0.39 is 29.0 Å². The first kappa shape index (κ1) is 19.5. The first-order valence-electron chi connectivity index (χ1n) is 7.94. The van der Waals surface area contributed by atoms with Gasteiger partial charge < -0.3 is 19.8 Å². The average molecular weight is 409 g/mol. The molecule has 6 nitrogen and oxygen atoms in total. The van der Waals surface area contributed by atoms with E-state index in [1.165, 1.54) is 0 Å². The van der Waals surface area contributed by atoms with Crippen LogP contribution in [0.25, 0.3) is 6.08 Å². The second kappa shape index (κ2) is 8.20. The molecule has 0 bridgehead atoms. The second-order valence-corrected chi connectivity index (χ2v) is 7.33. The maximum atomic E-state index is 12.7. The Morgan fingerprint density at radius 3 is 2.18 bits per heavy atom. The summed E-state index contributed by atoms with van der Waals surface area (Å²) in [7, 11) is 0. The fourth-order valence-corrected chi connectivity index (χ4v) is 3.74. The number of carboxylic acid groups (broad SMARTS) is 2. The van der Waals surface area contributed by atoms with Crippen molar-refractivity contribution < 1.29 is 24.6 Å². The average Bonchev–Trinajstić information content (AvgIpc) is 2.95. The highest BCUT2D eigenvalue weighted by Crippen LogP contribution is 2.35. The summed E-state index contributed by atoms with van der Waals surface area (Å²) in [6, 6.07) is 12.7. The van der Waals surface area contributed by atoms with E-state index in [-0.39, 0.29) is 10.0 Å². The summed E-state index contributed by atoms with van der Waals surface area (Å²) >= 11 is 6.25. The summed E-state index contributed by atoms with van der Waals surface area (Å²) in [5.74, 6) is -3.63. The molecule has 0 atom stereocenters. The van der Waals surface area contributed by atoms with Crippen LogP contribution in [0.3, 0.4) is 0 Å². The number of allylic oxidation sites excluding steroid dienone is 2. The van der Waals surface area contributed by atoms with Crippen LogP contribution in [0, 0.1) is 0 Å². The first-order chi connectivity index (χ1) is 13.4. The van der Waals surface area contributed by atoms with Gasteiger partial charge in [-0.25, -0.2) is 0 Å². The van der Waals surface area contributed by atoms with Crippen LogP contribution in [0.5, 0.6) is 0 Å². The fraction of sp³-hybridized carbons (Fsp3) is 0. The number of thioether (sulfide) groups is 1. The highest BCUT2D eigenvalue weighted by atomic mass is 32.2. The van der Waals surface area contributed by atoms with Crippen molar-refractivity contribution >= 4 is 57.9 Å². The molecule has 0 aliphatic carbocycles. The molecular weight excluding hydrogens is 398 g/mol. The zero-order valence-electron chi connectivity index (χ0n) is 14.2. The predicted molar refractivity (Wildman–Crippen MR) is 106 cm³/mol. The number of nitrogens with zero attached hydrogens (tertiary/aromatic N) is 1. The number of carbonyl (C=O) groups excluding carboxylic acids is 3. The molecule has 2 aromatic carbocycles. The Kier molecular flexibility index (Phi) is 5.72. The van der Waals surface area contributed by atoms with Gasteiger partial charge in [0.25, 0.3) is 5.91 Å². The third-order valence-electron chi connectivity index (χ3n) is 3.78. The van der Waals surface area contributed by atoms with Crippen molar-refractivity contribution in [3.63, 3.8) is 0 Å². The quantitative estimate of drug-likeness (QED) is 0.543. The number of rotatable bonds is 5. The van der Waals surface area contributed by atoms with Gasteiger partial charge in [-0.3, -0.25) is 9.69 Å². The summed E-state index contributed by atoms with van der Waals surface area (Å²) in [4.78, 5) is 36.4. The van der Waals surface area contributed by atoms with Gasteiger partial charge in [0.2, 0.25) is 0 Å². The van der Waals surface area contributed by atoms with E-state index >= 15 is 0 Å². The first-order valence-corrected chi connectivity index (χ1v) is 9.17. The monoisotopic (exact) mass is 409 g/mol. The van der Waals surface area contributed by atoms with Crippen LogP contribution in [0.1, 0.15) is 26.3 Å². The minimum Gasteiger partial charge on any atom is -0.545 e. The number of thiocarbonyl (C=S) groups is 1. The minimum atomic E-state index is -1.57. The molecule has 0 N–H and O–H groups in total. The van der Waals surface area contributed by atoms with Crippen LogP contribution in [0.2, 0.25) is 0 Å². The van der Waals surface area contributed by atoms with Crippen LogP contribution < -0.4 is 15.1 Å². The lowest BCUT2D eigenvalue weighted by molar-refractivity contribution is -0.255. The molecule has 1 aliphatic rings. The van der Waals surface area contributed by atoms with Crippen LogP contribution in [0.4, 0.5) is 5.69 Å². The van der Waals surface area contributed by atoms with Crippen LogP contribution in [-0.2, 0) is 4.79 Å². The molecule has 0 saturated carbocycles. The van der Waals surface area contributed by atoms with E-state index in [9.17, 15) is 24.6 Å². The highest BCUT2D eigenvalue weighted by molar-refractivity contribution is 8.27. The number of amides is 1. The van der Waals surface area contributed by atoms with Crippen molar-refractivity contribution in [2.45, 2.75) is 0 Å². The highest BCUT2D eigenvalue weighted by Gasteiger charge is 2.33. The third-order valence-corrected chi connectivity index (χ3v) is 5.10. The smallest absolute Gasteiger partial charge is 0.270 e. The summed E-state index contributed by atoms with van der Waals surface area (Å²) in [6.45, 7) is 0. The van der Waals surface area contributed by atoms with E-state index in [0.717, 1.165) is 40.4 Å². The van der Waals surface area contributed by atoms with Gasteiger partial charge in [-0.05, 0) is 41.0 Å². The largest absolute Gasteiger partial charge is 0.545 e. The Labute approximate surface area is 169 Å². The molecule has 1 amide bonds. The SMILES string of the molecule is O=C([O-])c1cc(C(=O)[O-])cc(N2C(=O)/C(=C\C=C\c3ccccc3)SC2=S)c1. The molecule has 28 heavy (non-hydrogen) atoms. The summed E-state index contributed by atoms with van der Waals surface area (Å²) in [5.41, 5.74) is 0.200. The predicted octanol–water partition coefficient (Wildman–Crippen LogP) is 1.38. The van der Waals surface area contributed by atoms with Gasteiger partial charge in [0.05, 0.1) is 22.5 Å². The Bertz CT molecular complexity index is 1010. The maximum Gasteiger partial charge on any atom is 0.270 e. The standard InChI is InChI=1S/C20H13NO5S2/c22-17-16(8-4-7-12-5-2-1-3-6-12)28-20(27)21(17)15-10-13(18(23)24)9-14(11-15)19(25)26/h1-11H,(H,23,24)(H,25,26)/p-2/b7-4+,16-8+. The number of carbonyl (C=O) groups is 3. The zero-order valence-corrected chi connectivity index (χ0v) is 15.8. The molecule has 2 aromatic rings. The van der Waals surface area contributed by atoms with Crippen LogP contribution in [0.15, 0.2) is 65.6 Å². The van der Waals surface area contributed by atoms with Gasteiger partial charge in [0, 0.05) is 0 Å². The second-order valence-electron chi connectivity index (χ2n) is 5.65. The molecule has 0 aromatic heterocycles. The number of benzene rings is 2. The van der Waals surface area contributed by atoms with Crippen molar-refractivity contribution in [3.8, 4) is 0 Å². The van der Waals surface area contributed by atoms with Crippen LogP contribution >= 0.6 is 24.0 Å². The molecule has 1 fully saturated rings. The summed E-state index contributed by atoms with van der Waals surface area (Å²) in [6.07, 6.45) is 5.11. The Hall–Kier alpha value is -3.23. The Morgan fingerprint density at radius 2 is 1.61 bits per heavy atom. The van der Waals surface area contributed by atoms with Gasteiger partial charge in [-0.1, -0.05) is 66.5 Å². The molecule has 8 heteroatoms. The molecule has 3 rings (SSSR count). The number of hydrogen-bond donors (Lipinski definition) is 0. The van der Waals surface area contributed by atoms with E-state index in [4.69, 9.17) is 12.2 Å². The Balaban J connectivity index is 1.92. The topological polar surface area (TPSA) is 101 Å². The molecule has 140 valence electrons. The molecule has 1 saturated heterocycles. The van der Waals surface area contributed by atoms with E-state index in [1.807, 2.05) is 36.4 Å². The van der Waals surface area contributed by atoms with Crippen LogP contribution in [-0.4, -0.2) is 22.2 Å². The Morgan fingerprint density at radius 1 is 1.00 bits per heavy atom. The van der Waals surface area contributed by atoms with E-state index in [1.54, 1.807) is 12.2 Å². The molecule has 1 aliphatic heterocycles. The maximum absolute atomic E-state index is 12.7. The van der Waals surface area contributed by atoms with E-state index in [2.05, 4.69) is 0 Å².